The summed E-state index contributed by atoms with van der Waals surface area (Å²) in [5.74, 6) is 0.228. The van der Waals surface area contributed by atoms with E-state index in [0.29, 0.717) is 30.8 Å². The summed E-state index contributed by atoms with van der Waals surface area (Å²) in [6.07, 6.45) is 7.19. The predicted molar refractivity (Wildman–Crippen MR) is 126 cm³/mol. The van der Waals surface area contributed by atoms with Crippen molar-refractivity contribution in [2.75, 3.05) is 6.61 Å². The molecule has 0 aromatic carbocycles. The minimum Gasteiger partial charge on any atom is -0.458 e. The number of ether oxygens (including phenoxy) is 1. The molecule has 0 bridgehead atoms. The van der Waals surface area contributed by atoms with Gasteiger partial charge in [0.2, 0.25) is 0 Å². The van der Waals surface area contributed by atoms with Crippen molar-refractivity contribution in [3.8, 4) is 0 Å². The molecule has 1 heterocycles. The lowest BCUT2D eigenvalue weighted by Gasteiger charge is -2.63. The maximum atomic E-state index is 13.2. The Morgan fingerprint density at radius 1 is 1.15 bits per heavy atom. The number of carbonyl (C=O) groups excluding carboxylic acids is 2. The van der Waals surface area contributed by atoms with Crippen molar-refractivity contribution in [1.82, 2.24) is 0 Å². The summed E-state index contributed by atoms with van der Waals surface area (Å²) >= 11 is 0. The van der Waals surface area contributed by atoms with Crippen LogP contribution >= 0.6 is 0 Å². The molecule has 0 spiro atoms. The zero-order chi connectivity index (χ0) is 24.6. The third-order valence-electron chi connectivity index (χ3n) is 11.3. The lowest BCUT2D eigenvalue weighted by Crippen LogP contribution is -2.69. The van der Waals surface area contributed by atoms with Crippen LogP contribution in [0.1, 0.15) is 72.6 Å². The summed E-state index contributed by atoms with van der Waals surface area (Å²) in [6.45, 7) is 7.94. The molecule has 0 radical (unpaired) electrons. The van der Waals surface area contributed by atoms with Gasteiger partial charge in [0.05, 0.1) is 11.5 Å². The van der Waals surface area contributed by atoms with Crippen molar-refractivity contribution in [3.63, 3.8) is 0 Å². The number of cyclic esters (lactones) is 1. The highest BCUT2D eigenvalue weighted by atomic mass is 16.5. The molecule has 188 valence electrons. The number of hydrogen-bond donors (Lipinski definition) is 3. The third-order valence-corrected chi connectivity index (χ3v) is 11.3. The standard InChI is InChI=1S/C28H40O6/c1-15-12-22(34-25(32)16(15)2)18(14-29)20-8-7-19-17-13-24(31)28(33)10-5-6-23(30)27(28,4)21(17)9-11-26(19,20)3/h5-6,17-22,24,29,31,33H,7-14H2,1-4H3/t17-,18-,19-,20+,21-,22+,24+,26-,27-,28-/m0/s1. The van der Waals surface area contributed by atoms with E-state index in [1.54, 1.807) is 19.1 Å². The average molecular weight is 473 g/mol. The highest BCUT2D eigenvalue weighted by molar-refractivity contribution is 5.97. The van der Waals surface area contributed by atoms with Gasteiger partial charge in [-0.05, 0) is 94.5 Å². The van der Waals surface area contributed by atoms with Gasteiger partial charge in [0, 0.05) is 24.5 Å². The van der Waals surface area contributed by atoms with Crippen LogP contribution in [0.25, 0.3) is 0 Å². The minimum atomic E-state index is -1.41. The SMILES string of the molecule is CC1=C(C)C(=O)O[C@@H]([C@@H](CO)[C@H]2CC[C@H]3[C@@H]4C[C@@H](O)[C@@]5(O)CC=CC(=O)[C@]5(C)[C@H]4CC[C@]23C)C1. The zero-order valence-corrected chi connectivity index (χ0v) is 20.9. The average Bonchev–Trinajstić information content (AvgIpc) is 3.13. The molecule has 3 saturated carbocycles. The van der Waals surface area contributed by atoms with Crippen LogP contribution in [0.4, 0.5) is 0 Å². The van der Waals surface area contributed by atoms with Gasteiger partial charge in [0.25, 0.3) is 0 Å². The molecule has 0 aromatic rings. The van der Waals surface area contributed by atoms with Crippen LogP contribution in [-0.4, -0.2) is 51.5 Å². The zero-order valence-electron chi connectivity index (χ0n) is 20.9. The maximum Gasteiger partial charge on any atom is 0.333 e. The molecule has 6 nitrogen and oxygen atoms in total. The topological polar surface area (TPSA) is 104 Å². The molecular formula is C28H40O6. The fraction of sp³-hybridized carbons (Fsp3) is 0.786. The number of allylic oxidation sites excluding steroid dienone is 1. The highest BCUT2D eigenvalue weighted by Crippen LogP contribution is 2.68. The fourth-order valence-corrected chi connectivity index (χ4v) is 9.10. The van der Waals surface area contributed by atoms with E-state index in [9.17, 15) is 24.9 Å². The van der Waals surface area contributed by atoms with E-state index in [1.807, 2.05) is 13.8 Å². The Morgan fingerprint density at radius 3 is 2.56 bits per heavy atom. The quantitative estimate of drug-likeness (QED) is 0.545. The minimum absolute atomic E-state index is 0.0191. The molecule has 6 heteroatoms. The van der Waals surface area contributed by atoms with E-state index >= 15 is 0 Å². The number of hydrogen-bond acceptors (Lipinski definition) is 6. The monoisotopic (exact) mass is 472 g/mol. The first-order valence-corrected chi connectivity index (χ1v) is 13.1. The molecule has 34 heavy (non-hydrogen) atoms. The fourth-order valence-electron chi connectivity index (χ4n) is 9.10. The lowest BCUT2D eigenvalue weighted by atomic mass is 9.43. The highest BCUT2D eigenvalue weighted by Gasteiger charge is 2.69. The van der Waals surface area contributed by atoms with Crippen LogP contribution in [-0.2, 0) is 14.3 Å². The molecular weight excluding hydrogens is 432 g/mol. The van der Waals surface area contributed by atoms with E-state index in [1.165, 1.54) is 0 Å². The second-order valence-corrected chi connectivity index (χ2v) is 12.4. The number of aliphatic hydroxyl groups is 3. The van der Waals surface area contributed by atoms with Crippen molar-refractivity contribution < 1.29 is 29.6 Å². The van der Waals surface area contributed by atoms with E-state index in [2.05, 4.69) is 6.92 Å². The number of carbonyl (C=O) groups is 2. The van der Waals surface area contributed by atoms with Gasteiger partial charge in [0.1, 0.15) is 11.7 Å². The number of rotatable bonds is 3. The largest absolute Gasteiger partial charge is 0.458 e. The Labute approximate surface area is 202 Å². The second-order valence-electron chi connectivity index (χ2n) is 12.4. The van der Waals surface area contributed by atoms with Crippen LogP contribution in [0.3, 0.4) is 0 Å². The van der Waals surface area contributed by atoms with E-state index < -0.39 is 17.1 Å². The number of aliphatic hydroxyl groups excluding tert-OH is 2. The Hall–Kier alpha value is -1.50. The molecule has 4 aliphatic carbocycles. The molecule has 1 aliphatic heterocycles. The van der Waals surface area contributed by atoms with Crippen LogP contribution in [0.5, 0.6) is 0 Å². The molecule has 10 atom stereocenters. The van der Waals surface area contributed by atoms with E-state index in [4.69, 9.17) is 4.74 Å². The summed E-state index contributed by atoms with van der Waals surface area (Å²) in [7, 11) is 0. The molecule has 0 unspecified atom stereocenters. The van der Waals surface area contributed by atoms with Gasteiger partial charge >= 0.3 is 5.97 Å². The first kappa shape index (κ1) is 24.2. The van der Waals surface area contributed by atoms with Gasteiger partial charge in [-0.15, -0.1) is 0 Å². The van der Waals surface area contributed by atoms with Gasteiger partial charge in [-0.25, -0.2) is 4.79 Å². The van der Waals surface area contributed by atoms with Gasteiger partial charge in [-0.3, -0.25) is 4.79 Å². The Balaban J connectivity index is 1.45. The van der Waals surface area contributed by atoms with Crippen LogP contribution < -0.4 is 0 Å². The van der Waals surface area contributed by atoms with Crippen molar-refractivity contribution >= 4 is 11.8 Å². The van der Waals surface area contributed by atoms with Gasteiger partial charge < -0.3 is 20.1 Å². The van der Waals surface area contributed by atoms with Crippen molar-refractivity contribution in [2.24, 2.45) is 40.4 Å². The van der Waals surface area contributed by atoms with Crippen molar-refractivity contribution in [1.29, 1.82) is 0 Å². The normalized spacial score (nSPS) is 49.3. The molecule has 3 fully saturated rings. The summed E-state index contributed by atoms with van der Waals surface area (Å²) < 4.78 is 5.81. The third kappa shape index (κ3) is 3.04. The first-order valence-electron chi connectivity index (χ1n) is 13.1. The molecule has 5 aliphatic rings. The summed E-state index contributed by atoms with van der Waals surface area (Å²) in [4.78, 5) is 25.6. The van der Waals surface area contributed by atoms with Gasteiger partial charge in [0.15, 0.2) is 5.78 Å². The van der Waals surface area contributed by atoms with Gasteiger partial charge in [-0.1, -0.05) is 18.6 Å². The second kappa shape index (κ2) is 8.01. The van der Waals surface area contributed by atoms with E-state index in [0.717, 1.165) is 31.3 Å². The molecule has 0 amide bonds. The van der Waals surface area contributed by atoms with Crippen LogP contribution in [0.15, 0.2) is 23.3 Å². The Kier molecular flexibility index (Phi) is 5.70. The number of esters is 1. The summed E-state index contributed by atoms with van der Waals surface area (Å²) in [6, 6.07) is 0. The first-order chi connectivity index (χ1) is 16.0. The molecule has 0 aromatic heterocycles. The number of fused-ring (bicyclic) bond motifs is 5. The smallest absolute Gasteiger partial charge is 0.333 e. The van der Waals surface area contributed by atoms with Crippen LogP contribution in [0.2, 0.25) is 0 Å². The Bertz CT molecular complexity index is 953. The Morgan fingerprint density at radius 2 is 1.88 bits per heavy atom. The van der Waals surface area contributed by atoms with E-state index in [-0.39, 0.29) is 53.6 Å². The summed E-state index contributed by atoms with van der Waals surface area (Å²) in [5, 5.41) is 33.2. The number of ketones is 1. The van der Waals surface area contributed by atoms with Crippen LogP contribution in [0, 0.1) is 40.4 Å². The molecule has 5 rings (SSSR count). The van der Waals surface area contributed by atoms with Crippen molar-refractivity contribution in [3.05, 3.63) is 23.3 Å². The lowest BCUT2D eigenvalue weighted by molar-refractivity contribution is -0.232. The molecule has 0 saturated heterocycles. The summed E-state index contributed by atoms with van der Waals surface area (Å²) in [5.41, 5.74) is -0.735. The maximum absolute atomic E-state index is 13.2. The molecule has 3 N–H and O–H groups in total. The van der Waals surface area contributed by atoms with Crippen molar-refractivity contribution in [2.45, 2.75) is 90.4 Å². The van der Waals surface area contributed by atoms with Gasteiger partial charge in [-0.2, -0.15) is 0 Å². The predicted octanol–water partition coefficient (Wildman–Crippen LogP) is 3.34.